The normalized spacial score (nSPS) is 11.3. The van der Waals surface area contributed by atoms with E-state index in [1.807, 2.05) is 32.9 Å². The number of anilines is 1. The fourth-order valence-electron chi connectivity index (χ4n) is 1.96. The fraction of sp³-hybridized carbons (Fsp3) is 0.500. The number of aliphatic carboxylic acids is 1. The maximum absolute atomic E-state index is 10.8. The van der Waals surface area contributed by atoms with E-state index in [9.17, 15) is 4.79 Å². The van der Waals surface area contributed by atoms with Gasteiger partial charge in [-0.2, -0.15) is 0 Å². The summed E-state index contributed by atoms with van der Waals surface area (Å²) in [5, 5.41) is 12.2. The third-order valence-corrected chi connectivity index (χ3v) is 2.80. The van der Waals surface area contributed by atoms with E-state index in [1.54, 1.807) is 0 Å². The lowest BCUT2D eigenvalue weighted by Gasteiger charge is -2.28. The molecule has 0 heterocycles. The molecule has 0 saturated carbocycles. The Hall–Kier alpha value is -1.51. The first-order valence-electron chi connectivity index (χ1n) is 5.94. The number of rotatable bonds is 5. The van der Waals surface area contributed by atoms with Crippen molar-refractivity contribution < 1.29 is 9.90 Å². The quantitative estimate of drug-likeness (QED) is 0.823. The van der Waals surface area contributed by atoms with Crippen LogP contribution in [0.4, 0.5) is 5.69 Å². The molecule has 1 aromatic rings. The summed E-state index contributed by atoms with van der Waals surface area (Å²) in [6, 6.07) is 6.15. The van der Waals surface area contributed by atoms with Crippen molar-refractivity contribution in [1.82, 2.24) is 0 Å². The Kier molecular flexibility index (Phi) is 4.16. The molecule has 0 fully saturated rings. The summed E-state index contributed by atoms with van der Waals surface area (Å²) in [6.45, 7) is 7.96. The van der Waals surface area contributed by atoms with Crippen molar-refractivity contribution >= 4 is 11.7 Å². The monoisotopic (exact) mass is 235 g/mol. The van der Waals surface area contributed by atoms with E-state index in [0.29, 0.717) is 0 Å². The zero-order valence-electron chi connectivity index (χ0n) is 11.0. The SMILES string of the molecule is CCc1cccc(C)c1NC(C)(C)CC(=O)O. The van der Waals surface area contributed by atoms with Crippen molar-refractivity contribution in [2.75, 3.05) is 5.32 Å². The second kappa shape index (κ2) is 5.21. The van der Waals surface area contributed by atoms with Gasteiger partial charge < -0.3 is 10.4 Å². The Morgan fingerprint density at radius 2 is 2.06 bits per heavy atom. The Balaban J connectivity index is 2.97. The summed E-state index contributed by atoms with van der Waals surface area (Å²) in [5.41, 5.74) is 3.01. The number of carboxylic acid groups (broad SMARTS) is 1. The molecule has 0 amide bonds. The van der Waals surface area contributed by atoms with Gasteiger partial charge in [0.15, 0.2) is 0 Å². The minimum Gasteiger partial charge on any atom is -0.481 e. The average Bonchev–Trinajstić information content (AvgIpc) is 2.18. The number of carboxylic acids is 1. The maximum Gasteiger partial charge on any atom is 0.305 e. The molecule has 17 heavy (non-hydrogen) atoms. The van der Waals surface area contributed by atoms with Crippen LogP contribution in [0.15, 0.2) is 18.2 Å². The van der Waals surface area contributed by atoms with Gasteiger partial charge in [-0.1, -0.05) is 25.1 Å². The van der Waals surface area contributed by atoms with Crippen LogP contribution in [-0.4, -0.2) is 16.6 Å². The van der Waals surface area contributed by atoms with Crippen LogP contribution in [0, 0.1) is 6.92 Å². The highest BCUT2D eigenvalue weighted by atomic mass is 16.4. The topological polar surface area (TPSA) is 49.3 Å². The van der Waals surface area contributed by atoms with E-state index in [1.165, 1.54) is 5.56 Å². The number of aryl methyl sites for hydroxylation is 2. The van der Waals surface area contributed by atoms with Crippen molar-refractivity contribution in [1.29, 1.82) is 0 Å². The van der Waals surface area contributed by atoms with Gasteiger partial charge in [0.25, 0.3) is 0 Å². The first-order valence-corrected chi connectivity index (χ1v) is 5.94. The van der Waals surface area contributed by atoms with Crippen LogP contribution in [0.1, 0.15) is 38.3 Å². The molecule has 0 aliphatic heterocycles. The Morgan fingerprint density at radius 1 is 1.41 bits per heavy atom. The van der Waals surface area contributed by atoms with Crippen LogP contribution in [0.5, 0.6) is 0 Å². The van der Waals surface area contributed by atoms with Gasteiger partial charge in [0, 0.05) is 11.2 Å². The lowest BCUT2D eigenvalue weighted by atomic mass is 9.97. The van der Waals surface area contributed by atoms with Crippen molar-refractivity contribution in [2.24, 2.45) is 0 Å². The molecular formula is C14H21NO2. The molecule has 3 nitrogen and oxygen atoms in total. The standard InChI is InChI=1S/C14H21NO2/c1-5-11-8-6-7-10(2)13(11)15-14(3,4)9-12(16)17/h6-8,15H,5,9H2,1-4H3,(H,16,17). The van der Waals surface area contributed by atoms with Crippen molar-refractivity contribution in [3.63, 3.8) is 0 Å². The molecule has 0 aliphatic carbocycles. The Morgan fingerprint density at radius 3 is 2.59 bits per heavy atom. The number of hydrogen-bond acceptors (Lipinski definition) is 2. The molecule has 0 radical (unpaired) electrons. The first kappa shape index (κ1) is 13.6. The zero-order valence-corrected chi connectivity index (χ0v) is 11.0. The van der Waals surface area contributed by atoms with Gasteiger partial charge in [-0.25, -0.2) is 0 Å². The van der Waals surface area contributed by atoms with Crippen molar-refractivity contribution in [2.45, 2.75) is 46.1 Å². The largest absolute Gasteiger partial charge is 0.481 e. The second-order valence-corrected chi connectivity index (χ2v) is 5.04. The lowest BCUT2D eigenvalue weighted by molar-refractivity contribution is -0.137. The number of benzene rings is 1. The van der Waals surface area contributed by atoms with E-state index in [4.69, 9.17) is 5.11 Å². The maximum atomic E-state index is 10.8. The smallest absolute Gasteiger partial charge is 0.305 e. The van der Waals surface area contributed by atoms with Crippen molar-refractivity contribution in [3.05, 3.63) is 29.3 Å². The Bertz CT molecular complexity index is 411. The molecule has 0 unspecified atom stereocenters. The molecular weight excluding hydrogens is 214 g/mol. The van der Waals surface area contributed by atoms with Crippen molar-refractivity contribution in [3.8, 4) is 0 Å². The molecule has 0 saturated heterocycles. The van der Waals surface area contributed by atoms with Gasteiger partial charge in [-0.3, -0.25) is 4.79 Å². The highest BCUT2D eigenvalue weighted by Crippen LogP contribution is 2.26. The van der Waals surface area contributed by atoms with E-state index >= 15 is 0 Å². The summed E-state index contributed by atoms with van der Waals surface area (Å²) in [4.78, 5) is 10.8. The molecule has 1 aromatic carbocycles. The van der Waals surface area contributed by atoms with E-state index in [0.717, 1.165) is 17.7 Å². The highest BCUT2D eigenvalue weighted by Gasteiger charge is 2.22. The number of carbonyl (C=O) groups is 1. The van der Waals surface area contributed by atoms with Gasteiger partial charge in [0.2, 0.25) is 0 Å². The summed E-state index contributed by atoms with van der Waals surface area (Å²) < 4.78 is 0. The molecule has 0 aromatic heterocycles. The third kappa shape index (κ3) is 3.77. The minimum absolute atomic E-state index is 0.102. The van der Waals surface area contributed by atoms with E-state index in [2.05, 4.69) is 18.3 Å². The molecule has 0 bridgehead atoms. The van der Waals surface area contributed by atoms with Gasteiger partial charge in [-0.05, 0) is 38.3 Å². The summed E-state index contributed by atoms with van der Waals surface area (Å²) in [6.07, 6.45) is 1.04. The molecule has 0 spiro atoms. The average molecular weight is 235 g/mol. The van der Waals surface area contributed by atoms with Crippen LogP contribution >= 0.6 is 0 Å². The molecule has 2 N–H and O–H groups in total. The van der Waals surface area contributed by atoms with Gasteiger partial charge in [-0.15, -0.1) is 0 Å². The van der Waals surface area contributed by atoms with Crippen LogP contribution in [0.25, 0.3) is 0 Å². The number of hydrogen-bond donors (Lipinski definition) is 2. The highest BCUT2D eigenvalue weighted by molar-refractivity contribution is 5.70. The predicted octanol–water partition coefficient (Wildman–Crippen LogP) is 3.22. The zero-order chi connectivity index (χ0) is 13.1. The van der Waals surface area contributed by atoms with Gasteiger partial charge in [0.05, 0.1) is 6.42 Å². The predicted molar refractivity (Wildman–Crippen MR) is 70.5 cm³/mol. The summed E-state index contributed by atoms with van der Waals surface area (Å²) in [5.74, 6) is -0.783. The first-order chi connectivity index (χ1) is 7.85. The van der Waals surface area contributed by atoms with Gasteiger partial charge >= 0.3 is 5.97 Å². The van der Waals surface area contributed by atoms with E-state index in [-0.39, 0.29) is 6.42 Å². The third-order valence-electron chi connectivity index (χ3n) is 2.80. The molecule has 94 valence electrons. The van der Waals surface area contributed by atoms with Crippen LogP contribution in [0.3, 0.4) is 0 Å². The summed E-state index contributed by atoms with van der Waals surface area (Å²) >= 11 is 0. The number of nitrogens with one attached hydrogen (secondary N) is 1. The second-order valence-electron chi connectivity index (χ2n) is 5.04. The van der Waals surface area contributed by atoms with Gasteiger partial charge in [0.1, 0.15) is 0 Å². The Labute approximate surface area is 103 Å². The van der Waals surface area contributed by atoms with Crippen LogP contribution < -0.4 is 5.32 Å². The van der Waals surface area contributed by atoms with E-state index < -0.39 is 11.5 Å². The minimum atomic E-state index is -0.783. The summed E-state index contributed by atoms with van der Waals surface area (Å²) in [7, 11) is 0. The molecule has 0 aliphatic rings. The molecule has 3 heteroatoms. The molecule has 1 rings (SSSR count). The lowest BCUT2D eigenvalue weighted by Crippen LogP contribution is -2.34. The van der Waals surface area contributed by atoms with Crippen LogP contribution in [-0.2, 0) is 11.2 Å². The fourth-order valence-corrected chi connectivity index (χ4v) is 1.96. The number of para-hydroxylation sites is 1. The molecule has 0 atom stereocenters. The van der Waals surface area contributed by atoms with Crippen LogP contribution in [0.2, 0.25) is 0 Å².